The molecule has 3 rings (SSSR count). The number of carbonyl (C=O) groups is 4. The number of amides is 4. The third-order valence-corrected chi connectivity index (χ3v) is 4.56. The average Bonchev–Trinajstić information content (AvgIpc) is 3.17. The molecule has 8 nitrogen and oxygen atoms in total. The van der Waals surface area contributed by atoms with E-state index in [2.05, 4.69) is 10.6 Å². The molecule has 10 heteroatoms. The van der Waals surface area contributed by atoms with Crippen molar-refractivity contribution in [1.29, 1.82) is 0 Å². The van der Waals surface area contributed by atoms with E-state index in [1.165, 1.54) is 0 Å². The van der Waals surface area contributed by atoms with Crippen LogP contribution in [-0.2, 0) is 19.1 Å². The zero-order valence-electron chi connectivity index (χ0n) is 14.2. The fourth-order valence-corrected chi connectivity index (χ4v) is 3.24. The van der Waals surface area contributed by atoms with Crippen molar-refractivity contribution in [3.05, 3.63) is 29.8 Å². The summed E-state index contributed by atoms with van der Waals surface area (Å²) in [6, 6.07) is 1.84. The van der Waals surface area contributed by atoms with Gasteiger partial charge < -0.3 is 15.4 Å². The second-order valence-corrected chi connectivity index (χ2v) is 6.44. The molecular formula is C17H17F2N3O5. The van der Waals surface area contributed by atoms with E-state index < -0.39 is 59.8 Å². The number of benzene rings is 1. The minimum Gasteiger partial charge on any atom is -0.454 e. The number of urea groups is 1. The van der Waals surface area contributed by atoms with Crippen LogP contribution in [-0.4, -0.2) is 47.4 Å². The first-order valence-electron chi connectivity index (χ1n) is 8.35. The third-order valence-electron chi connectivity index (χ3n) is 4.56. The topological polar surface area (TPSA) is 105 Å². The number of hydrogen-bond acceptors (Lipinski definition) is 5. The van der Waals surface area contributed by atoms with Gasteiger partial charge in [0.2, 0.25) is 0 Å². The summed E-state index contributed by atoms with van der Waals surface area (Å²) < 4.78 is 31.2. The highest BCUT2D eigenvalue weighted by atomic mass is 19.1. The second-order valence-electron chi connectivity index (χ2n) is 6.44. The van der Waals surface area contributed by atoms with Gasteiger partial charge in [-0.2, -0.15) is 0 Å². The van der Waals surface area contributed by atoms with Crippen molar-refractivity contribution in [1.82, 2.24) is 10.2 Å². The Kier molecular flexibility index (Phi) is 5.06. The maximum absolute atomic E-state index is 13.5. The largest absolute Gasteiger partial charge is 0.454 e. The predicted octanol–water partition coefficient (Wildman–Crippen LogP) is 1.31. The lowest BCUT2D eigenvalue weighted by atomic mass is 9.98. The molecule has 0 bridgehead atoms. The maximum Gasteiger partial charge on any atom is 0.326 e. The molecule has 0 radical (unpaired) electrons. The molecule has 1 aliphatic carbocycles. The standard InChI is InChI=1S/C17H17F2N3O5/c18-10-3-4-11(19)12(7-10)20-13(23)9-27-14(24)8-22-15(25)17(21-16(22)26)5-1-2-6-17/h3-4,7H,1-2,5-6,8-9H2,(H,20,23)(H,21,26). The van der Waals surface area contributed by atoms with Gasteiger partial charge in [0.25, 0.3) is 11.8 Å². The van der Waals surface area contributed by atoms with Gasteiger partial charge in [0.15, 0.2) is 6.61 Å². The lowest BCUT2D eigenvalue weighted by Crippen LogP contribution is -2.44. The summed E-state index contributed by atoms with van der Waals surface area (Å²) in [6.07, 6.45) is 2.65. The lowest BCUT2D eigenvalue weighted by molar-refractivity contribution is -0.150. The van der Waals surface area contributed by atoms with Crippen LogP contribution in [0.25, 0.3) is 0 Å². The number of rotatable bonds is 5. The first-order chi connectivity index (χ1) is 12.8. The van der Waals surface area contributed by atoms with E-state index in [4.69, 9.17) is 4.74 Å². The van der Waals surface area contributed by atoms with Crippen molar-refractivity contribution >= 4 is 29.5 Å². The summed E-state index contributed by atoms with van der Waals surface area (Å²) in [5.41, 5.74) is -1.34. The molecule has 2 N–H and O–H groups in total. The molecule has 1 aromatic rings. The Morgan fingerprint density at radius 3 is 2.63 bits per heavy atom. The number of nitrogens with zero attached hydrogens (tertiary/aromatic N) is 1. The normalized spacial score (nSPS) is 17.9. The Bertz CT molecular complexity index is 808. The molecule has 0 aromatic heterocycles. The molecule has 1 spiro atoms. The van der Waals surface area contributed by atoms with Gasteiger partial charge in [-0.05, 0) is 25.0 Å². The van der Waals surface area contributed by atoms with Crippen molar-refractivity contribution in [2.75, 3.05) is 18.5 Å². The SMILES string of the molecule is O=C(COC(=O)CN1C(=O)NC2(CCCC2)C1=O)Nc1cc(F)ccc1F. The monoisotopic (exact) mass is 381 g/mol. The van der Waals surface area contributed by atoms with Gasteiger partial charge in [-0.15, -0.1) is 0 Å². The van der Waals surface area contributed by atoms with Gasteiger partial charge in [0, 0.05) is 6.07 Å². The zero-order chi connectivity index (χ0) is 19.6. The predicted molar refractivity (Wildman–Crippen MR) is 87.4 cm³/mol. The van der Waals surface area contributed by atoms with Crippen LogP contribution in [0.4, 0.5) is 19.3 Å². The van der Waals surface area contributed by atoms with Gasteiger partial charge in [-0.3, -0.25) is 19.3 Å². The first kappa shape index (κ1) is 18.7. The summed E-state index contributed by atoms with van der Waals surface area (Å²) >= 11 is 0. The lowest BCUT2D eigenvalue weighted by Gasteiger charge is -2.19. The minimum atomic E-state index is -0.969. The van der Waals surface area contributed by atoms with Gasteiger partial charge in [-0.25, -0.2) is 13.6 Å². The third kappa shape index (κ3) is 3.88. The van der Waals surface area contributed by atoms with Gasteiger partial charge in [0.1, 0.15) is 23.7 Å². The summed E-state index contributed by atoms with van der Waals surface area (Å²) in [5, 5.41) is 4.68. The van der Waals surface area contributed by atoms with E-state index in [1.807, 2.05) is 0 Å². The number of anilines is 1. The highest BCUT2D eigenvalue weighted by Gasteiger charge is 2.52. The summed E-state index contributed by atoms with van der Waals surface area (Å²) in [4.78, 5) is 48.7. The molecule has 27 heavy (non-hydrogen) atoms. The van der Waals surface area contributed by atoms with Crippen LogP contribution in [0, 0.1) is 11.6 Å². The van der Waals surface area contributed by atoms with Crippen molar-refractivity contribution in [3.8, 4) is 0 Å². The summed E-state index contributed by atoms with van der Waals surface area (Å²) in [6.45, 7) is -1.41. The van der Waals surface area contributed by atoms with Gasteiger partial charge in [0.05, 0.1) is 5.69 Å². The summed E-state index contributed by atoms with van der Waals surface area (Å²) in [5.74, 6) is -3.94. The van der Waals surface area contributed by atoms with Crippen molar-refractivity contribution in [2.45, 2.75) is 31.2 Å². The molecule has 1 aliphatic heterocycles. The summed E-state index contributed by atoms with van der Waals surface area (Å²) in [7, 11) is 0. The molecule has 1 saturated carbocycles. The maximum atomic E-state index is 13.5. The molecule has 0 atom stereocenters. The first-order valence-corrected chi connectivity index (χ1v) is 8.35. The number of nitrogens with one attached hydrogen (secondary N) is 2. The van der Waals surface area contributed by atoms with E-state index in [9.17, 15) is 28.0 Å². The molecular weight excluding hydrogens is 364 g/mol. The minimum absolute atomic E-state index is 0.395. The second kappa shape index (κ2) is 7.29. The van der Waals surface area contributed by atoms with Crippen LogP contribution in [0.3, 0.4) is 0 Å². The van der Waals surface area contributed by atoms with Crippen LogP contribution in [0.5, 0.6) is 0 Å². The highest BCUT2D eigenvalue weighted by molar-refractivity contribution is 6.09. The number of hydrogen-bond donors (Lipinski definition) is 2. The Morgan fingerprint density at radius 1 is 1.22 bits per heavy atom. The van der Waals surface area contributed by atoms with E-state index in [-0.39, 0.29) is 0 Å². The smallest absolute Gasteiger partial charge is 0.326 e. The molecule has 4 amide bonds. The number of esters is 1. The van der Waals surface area contributed by atoms with E-state index >= 15 is 0 Å². The highest BCUT2D eigenvalue weighted by Crippen LogP contribution is 2.34. The fraction of sp³-hybridized carbons (Fsp3) is 0.412. The van der Waals surface area contributed by atoms with Crippen LogP contribution in [0.2, 0.25) is 0 Å². The Morgan fingerprint density at radius 2 is 1.93 bits per heavy atom. The molecule has 1 saturated heterocycles. The molecule has 2 aliphatic rings. The van der Waals surface area contributed by atoms with Crippen LogP contribution < -0.4 is 10.6 Å². The quantitative estimate of drug-likeness (QED) is 0.591. The molecule has 1 aromatic carbocycles. The van der Waals surface area contributed by atoms with Crippen molar-refractivity contribution in [2.24, 2.45) is 0 Å². The Balaban J connectivity index is 1.51. The average molecular weight is 381 g/mol. The van der Waals surface area contributed by atoms with E-state index in [1.54, 1.807) is 0 Å². The Labute approximate surface area is 152 Å². The van der Waals surface area contributed by atoms with Crippen LogP contribution in [0.1, 0.15) is 25.7 Å². The molecule has 1 heterocycles. The molecule has 144 valence electrons. The van der Waals surface area contributed by atoms with Crippen LogP contribution in [0.15, 0.2) is 18.2 Å². The molecule has 2 fully saturated rings. The number of ether oxygens (including phenoxy) is 1. The number of halogens is 2. The van der Waals surface area contributed by atoms with Crippen LogP contribution >= 0.6 is 0 Å². The number of imide groups is 1. The van der Waals surface area contributed by atoms with Crippen molar-refractivity contribution in [3.63, 3.8) is 0 Å². The fourth-order valence-electron chi connectivity index (χ4n) is 3.24. The Hall–Kier alpha value is -3.04. The van der Waals surface area contributed by atoms with E-state index in [0.29, 0.717) is 12.8 Å². The van der Waals surface area contributed by atoms with E-state index in [0.717, 1.165) is 35.9 Å². The van der Waals surface area contributed by atoms with Gasteiger partial charge in [-0.1, -0.05) is 12.8 Å². The van der Waals surface area contributed by atoms with Crippen molar-refractivity contribution < 1.29 is 32.7 Å². The molecule has 0 unspecified atom stereocenters. The van der Waals surface area contributed by atoms with Gasteiger partial charge >= 0.3 is 12.0 Å². The number of carbonyl (C=O) groups excluding carboxylic acids is 4. The zero-order valence-corrected chi connectivity index (χ0v) is 14.2.